The van der Waals surface area contributed by atoms with E-state index in [9.17, 15) is 4.79 Å². The van der Waals surface area contributed by atoms with Crippen LogP contribution in [0.2, 0.25) is 0 Å². The van der Waals surface area contributed by atoms with Crippen LogP contribution in [-0.4, -0.2) is 55.2 Å². The van der Waals surface area contributed by atoms with Crippen molar-refractivity contribution in [3.63, 3.8) is 0 Å². The predicted molar refractivity (Wildman–Crippen MR) is 82.1 cm³/mol. The molecule has 0 saturated carbocycles. The average Bonchev–Trinajstić information content (AvgIpc) is 2.49. The van der Waals surface area contributed by atoms with Gasteiger partial charge >= 0.3 is 5.97 Å². The number of hydrogen-bond acceptors (Lipinski definition) is 4. The van der Waals surface area contributed by atoms with Crippen molar-refractivity contribution in [2.24, 2.45) is 5.41 Å². The molecule has 2 fully saturated rings. The third-order valence-corrected chi connectivity index (χ3v) is 5.74. The lowest BCUT2D eigenvalue weighted by Gasteiger charge is -2.43. The van der Waals surface area contributed by atoms with Gasteiger partial charge < -0.3 is 9.47 Å². The largest absolute Gasteiger partial charge is 0.465 e. The van der Waals surface area contributed by atoms with Gasteiger partial charge in [-0.3, -0.25) is 9.69 Å². The highest BCUT2D eigenvalue weighted by Gasteiger charge is 2.38. The van der Waals surface area contributed by atoms with Crippen LogP contribution in [0.5, 0.6) is 0 Å². The van der Waals surface area contributed by atoms with E-state index >= 15 is 0 Å². The molecule has 0 aromatic carbocycles. The monoisotopic (exact) mass is 347 g/mol. The summed E-state index contributed by atoms with van der Waals surface area (Å²) in [4.78, 5) is 14.5. The molecule has 0 radical (unpaired) electrons. The number of likely N-dealkylation sites (tertiary alicyclic amines) is 1. The molecule has 2 saturated heterocycles. The topological polar surface area (TPSA) is 38.8 Å². The van der Waals surface area contributed by atoms with Gasteiger partial charge in [0.25, 0.3) is 0 Å². The predicted octanol–water partition coefficient (Wildman–Crippen LogP) is 2.60. The Kier molecular flexibility index (Phi) is 6.30. The zero-order chi connectivity index (χ0) is 14.4. The number of piperidine rings is 1. The van der Waals surface area contributed by atoms with Crippen LogP contribution in [0.15, 0.2) is 0 Å². The van der Waals surface area contributed by atoms with Crippen LogP contribution in [0.4, 0.5) is 0 Å². The number of rotatable bonds is 5. The second-order valence-corrected chi connectivity index (χ2v) is 6.54. The summed E-state index contributed by atoms with van der Waals surface area (Å²) in [5.74, 6) is -0.0380. The number of esters is 1. The van der Waals surface area contributed by atoms with Crippen LogP contribution in [0, 0.1) is 5.41 Å². The number of hydrogen-bond donors (Lipinski definition) is 0. The zero-order valence-electron chi connectivity index (χ0n) is 12.4. The minimum atomic E-state index is -0.0394. The fourth-order valence-electron chi connectivity index (χ4n) is 3.25. The molecule has 2 rings (SSSR count). The van der Waals surface area contributed by atoms with Gasteiger partial charge in [0.05, 0.1) is 6.61 Å². The lowest BCUT2D eigenvalue weighted by atomic mass is 9.81. The molecular formula is C15H26BrNO3. The Bertz CT molecular complexity index is 318. The molecule has 4 nitrogen and oxygen atoms in total. The van der Waals surface area contributed by atoms with Crippen LogP contribution in [0.3, 0.4) is 0 Å². The maximum absolute atomic E-state index is 12.1. The molecule has 20 heavy (non-hydrogen) atoms. The summed E-state index contributed by atoms with van der Waals surface area (Å²) >= 11 is 3.68. The van der Waals surface area contributed by atoms with E-state index in [1.54, 1.807) is 0 Å². The Balaban J connectivity index is 2.01. The molecule has 1 atom stereocenters. The first kappa shape index (κ1) is 16.2. The first-order valence-electron chi connectivity index (χ1n) is 7.75. The van der Waals surface area contributed by atoms with Crippen molar-refractivity contribution < 1.29 is 14.3 Å². The maximum atomic E-state index is 12.1. The van der Waals surface area contributed by atoms with Crippen LogP contribution in [-0.2, 0) is 14.3 Å². The zero-order valence-corrected chi connectivity index (χ0v) is 14.0. The molecular weight excluding hydrogens is 322 g/mol. The lowest BCUT2D eigenvalue weighted by Crippen LogP contribution is -2.51. The highest BCUT2D eigenvalue weighted by atomic mass is 79.9. The fraction of sp³-hybridized carbons (Fsp3) is 0.933. The average molecular weight is 348 g/mol. The van der Waals surface area contributed by atoms with Gasteiger partial charge in [-0.2, -0.15) is 0 Å². The van der Waals surface area contributed by atoms with Gasteiger partial charge in [0.15, 0.2) is 0 Å². The maximum Gasteiger partial charge on any atom is 0.323 e. The number of halogens is 1. The second-order valence-electron chi connectivity index (χ2n) is 5.98. The molecule has 0 aromatic rings. The Hall–Kier alpha value is -0.130. The molecule has 0 spiro atoms. The summed E-state index contributed by atoms with van der Waals surface area (Å²) < 4.78 is 10.7. The molecule has 116 valence electrons. The number of carbonyl (C=O) groups is 1. The standard InChI is InChI=1S/C15H26BrNO3/c1-2-20-14(18)13-5-3-4-8-17(13)12-15(11-16)6-9-19-10-7-15/h13H,2-12H2,1H3. The van der Waals surface area contributed by atoms with Crippen LogP contribution < -0.4 is 0 Å². The molecule has 2 aliphatic rings. The molecule has 2 aliphatic heterocycles. The third kappa shape index (κ3) is 3.95. The van der Waals surface area contributed by atoms with Gasteiger partial charge in [-0.15, -0.1) is 0 Å². The third-order valence-electron chi connectivity index (χ3n) is 4.55. The highest BCUT2D eigenvalue weighted by Crippen LogP contribution is 2.35. The van der Waals surface area contributed by atoms with Crippen molar-refractivity contribution in [3.05, 3.63) is 0 Å². The van der Waals surface area contributed by atoms with Crippen molar-refractivity contribution in [1.82, 2.24) is 4.90 Å². The summed E-state index contributed by atoms with van der Waals surface area (Å²) in [6.07, 6.45) is 5.40. The number of alkyl halides is 1. The van der Waals surface area contributed by atoms with Crippen LogP contribution in [0.1, 0.15) is 39.0 Å². The summed E-state index contributed by atoms with van der Waals surface area (Å²) in [6, 6.07) is -0.0394. The van der Waals surface area contributed by atoms with E-state index in [1.165, 1.54) is 6.42 Å². The van der Waals surface area contributed by atoms with Gasteiger partial charge in [-0.1, -0.05) is 22.4 Å². The van der Waals surface area contributed by atoms with Crippen LogP contribution >= 0.6 is 15.9 Å². The minimum Gasteiger partial charge on any atom is -0.465 e. The molecule has 0 amide bonds. The molecule has 0 aliphatic carbocycles. The highest BCUT2D eigenvalue weighted by molar-refractivity contribution is 9.09. The minimum absolute atomic E-state index is 0.0380. The van der Waals surface area contributed by atoms with Gasteiger partial charge in [0.2, 0.25) is 0 Å². The lowest BCUT2D eigenvalue weighted by molar-refractivity contribution is -0.152. The molecule has 0 aromatic heterocycles. The van der Waals surface area contributed by atoms with Gasteiger partial charge in [-0.25, -0.2) is 0 Å². The molecule has 0 bridgehead atoms. The number of nitrogens with zero attached hydrogens (tertiary/aromatic N) is 1. The van der Waals surface area contributed by atoms with Gasteiger partial charge in [0, 0.05) is 25.1 Å². The van der Waals surface area contributed by atoms with E-state index in [4.69, 9.17) is 9.47 Å². The Morgan fingerprint density at radius 2 is 2.15 bits per heavy atom. The fourth-order valence-corrected chi connectivity index (χ4v) is 3.99. The van der Waals surface area contributed by atoms with E-state index in [0.29, 0.717) is 6.61 Å². The number of carbonyl (C=O) groups excluding carboxylic acids is 1. The van der Waals surface area contributed by atoms with Crippen molar-refractivity contribution in [3.8, 4) is 0 Å². The Labute approximate surface area is 130 Å². The van der Waals surface area contributed by atoms with E-state index in [-0.39, 0.29) is 17.4 Å². The Morgan fingerprint density at radius 3 is 2.80 bits per heavy atom. The van der Waals surface area contributed by atoms with Gasteiger partial charge in [0.1, 0.15) is 6.04 Å². The Morgan fingerprint density at radius 1 is 1.40 bits per heavy atom. The summed E-state index contributed by atoms with van der Waals surface area (Å²) in [5.41, 5.74) is 0.250. The van der Waals surface area contributed by atoms with Crippen molar-refractivity contribution in [2.45, 2.75) is 45.1 Å². The number of ether oxygens (including phenoxy) is 2. The summed E-state index contributed by atoms with van der Waals surface area (Å²) in [7, 11) is 0. The molecule has 5 heteroatoms. The smallest absolute Gasteiger partial charge is 0.323 e. The molecule has 0 N–H and O–H groups in total. The van der Waals surface area contributed by atoms with E-state index in [0.717, 1.165) is 57.3 Å². The second kappa shape index (κ2) is 7.76. The van der Waals surface area contributed by atoms with E-state index in [2.05, 4.69) is 20.8 Å². The summed E-state index contributed by atoms with van der Waals surface area (Å²) in [5, 5.41) is 0.982. The quantitative estimate of drug-likeness (QED) is 0.566. The van der Waals surface area contributed by atoms with Crippen LogP contribution in [0.25, 0.3) is 0 Å². The first-order valence-corrected chi connectivity index (χ1v) is 8.87. The summed E-state index contributed by atoms with van der Waals surface area (Å²) in [6.45, 7) is 6.02. The van der Waals surface area contributed by atoms with Crippen molar-refractivity contribution in [2.75, 3.05) is 38.2 Å². The van der Waals surface area contributed by atoms with Crippen molar-refractivity contribution in [1.29, 1.82) is 0 Å². The SMILES string of the molecule is CCOC(=O)C1CCCCN1CC1(CBr)CCOCC1. The first-order chi connectivity index (χ1) is 9.71. The molecule has 1 unspecified atom stereocenters. The van der Waals surface area contributed by atoms with E-state index in [1.807, 2.05) is 6.92 Å². The van der Waals surface area contributed by atoms with Crippen molar-refractivity contribution >= 4 is 21.9 Å². The molecule has 2 heterocycles. The van der Waals surface area contributed by atoms with E-state index < -0.39 is 0 Å². The normalized spacial score (nSPS) is 27.2. The van der Waals surface area contributed by atoms with Gasteiger partial charge in [-0.05, 0) is 44.6 Å².